The minimum absolute atomic E-state index is 0.0163. The molecule has 1 aliphatic heterocycles. The van der Waals surface area contributed by atoms with Crippen LogP contribution >= 0.6 is 11.6 Å². The predicted molar refractivity (Wildman–Crippen MR) is 82.9 cm³/mol. The Bertz CT molecular complexity index is 571. The molecule has 7 heteroatoms. The first-order valence-electron chi connectivity index (χ1n) is 7.61. The second kappa shape index (κ2) is 7.13. The molecular formula is C15H22ClN3O3. The minimum Gasteiger partial charge on any atom is -0.481 e. The molecule has 0 aliphatic carbocycles. The lowest BCUT2D eigenvalue weighted by Crippen LogP contribution is -2.45. The van der Waals surface area contributed by atoms with E-state index in [0.717, 1.165) is 25.0 Å². The van der Waals surface area contributed by atoms with Crippen molar-refractivity contribution in [3.63, 3.8) is 0 Å². The molecule has 1 saturated heterocycles. The van der Waals surface area contributed by atoms with Gasteiger partial charge in [0.15, 0.2) is 0 Å². The number of aromatic nitrogens is 2. The van der Waals surface area contributed by atoms with Gasteiger partial charge >= 0.3 is 5.97 Å². The van der Waals surface area contributed by atoms with Crippen molar-refractivity contribution >= 4 is 23.5 Å². The van der Waals surface area contributed by atoms with E-state index in [1.807, 2.05) is 18.7 Å². The van der Waals surface area contributed by atoms with Crippen LogP contribution in [0.3, 0.4) is 0 Å². The molecule has 1 aromatic heterocycles. The van der Waals surface area contributed by atoms with E-state index in [0.29, 0.717) is 23.7 Å². The fourth-order valence-corrected chi connectivity index (χ4v) is 3.10. The molecule has 0 saturated carbocycles. The number of carboxylic acid groups (broad SMARTS) is 1. The van der Waals surface area contributed by atoms with E-state index in [4.69, 9.17) is 16.7 Å². The average molecular weight is 328 g/mol. The summed E-state index contributed by atoms with van der Waals surface area (Å²) in [5.41, 5.74) is 1.50. The van der Waals surface area contributed by atoms with Crippen molar-refractivity contribution in [3.8, 4) is 0 Å². The van der Waals surface area contributed by atoms with Gasteiger partial charge in [-0.25, -0.2) is 0 Å². The minimum atomic E-state index is -0.816. The molecule has 0 spiro atoms. The average Bonchev–Trinajstić information content (AvgIpc) is 2.72. The Morgan fingerprint density at radius 1 is 1.36 bits per heavy atom. The van der Waals surface area contributed by atoms with Crippen LogP contribution in [0.5, 0.6) is 0 Å². The zero-order valence-corrected chi connectivity index (χ0v) is 13.8. The van der Waals surface area contributed by atoms with E-state index < -0.39 is 5.97 Å². The monoisotopic (exact) mass is 327 g/mol. The molecular weight excluding hydrogens is 306 g/mol. The van der Waals surface area contributed by atoms with Crippen molar-refractivity contribution in [2.24, 2.45) is 0 Å². The van der Waals surface area contributed by atoms with Gasteiger partial charge in [-0.1, -0.05) is 11.6 Å². The molecule has 1 fully saturated rings. The number of amides is 1. The lowest BCUT2D eigenvalue weighted by Gasteiger charge is -2.35. The number of carbonyl (C=O) groups is 2. The largest absolute Gasteiger partial charge is 0.481 e. The summed E-state index contributed by atoms with van der Waals surface area (Å²) in [4.78, 5) is 25.1. The SMILES string of the molecule is Cc1nn(CC(=O)N2CCCC[C@H]2CCC(=O)O)c(C)c1Cl. The number of aliphatic carboxylic acids is 1. The highest BCUT2D eigenvalue weighted by molar-refractivity contribution is 6.31. The van der Waals surface area contributed by atoms with Crippen LogP contribution in [0.15, 0.2) is 0 Å². The summed E-state index contributed by atoms with van der Waals surface area (Å²) in [6.45, 7) is 4.50. The lowest BCUT2D eigenvalue weighted by atomic mass is 9.98. The first kappa shape index (κ1) is 16.8. The molecule has 0 unspecified atom stereocenters. The lowest BCUT2D eigenvalue weighted by molar-refractivity contribution is -0.140. The Labute approximate surface area is 135 Å². The molecule has 0 radical (unpaired) electrons. The quantitative estimate of drug-likeness (QED) is 0.901. The third-order valence-electron chi connectivity index (χ3n) is 4.22. The van der Waals surface area contributed by atoms with Crippen molar-refractivity contribution in [2.45, 2.75) is 58.5 Å². The maximum Gasteiger partial charge on any atom is 0.303 e. The van der Waals surface area contributed by atoms with Gasteiger partial charge in [-0.15, -0.1) is 0 Å². The van der Waals surface area contributed by atoms with Gasteiger partial charge in [-0.2, -0.15) is 5.10 Å². The standard InChI is InChI=1S/C15H22ClN3O3/c1-10-15(16)11(2)19(17-10)9-13(20)18-8-4-3-5-12(18)6-7-14(21)22/h12H,3-9H2,1-2H3,(H,21,22)/t12-/m0/s1. The van der Waals surface area contributed by atoms with Gasteiger partial charge < -0.3 is 10.0 Å². The normalized spacial score (nSPS) is 18.5. The molecule has 2 heterocycles. The smallest absolute Gasteiger partial charge is 0.303 e. The molecule has 1 aliphatic rings. The number of carbonyl (C=O) groups excluding carboxylic acids is 1. The Kier molecular flexibility index (Phi) is 5.45. The third-order valence-corrected chi connectivity index (χ3v) is 4.76. The van der Waals surface area contributed by atoms with Gasteiger partial charge in [0.2, 0.25) is 5.91 Å². The fraction of sp³-hybridized carbons (Fsp3) is 0.667. The maximum absolute atomic E-state index is 12.6. The van der Waals surface area contributed by atoms with Crippen molar-refractivity contribution in [1.82, 2.24) is 14.7 Å². The summed E-state index contributed by atoms with van der Waals surface area (Å²) in [5.74, 6) is -0.833. The summed E-state index contributed by atoms with van der Waals surface area (Å²) in [6, 6.07) is 0.0183. The molecule has 22 heavy (non-hydrogen) atoms. The number of hydrogen-bond donors (Lipinski definition) is 1. The second-order valence-corrected chi connectivity index (χ2v) is 6.19. The van der Waals surface area contributed by atoms with Crippen molar-refractivity contribution < 1.29 is 14.7 Å². The summed E-state index contributed by atoms with van der Waals surface area (Å²) in [6.07, 6.45) is 3.49. The highest BCUT2D eigenvalue weighted by atomic mass is 35.5. The van der Waals surface area contributed by atoms with Gasteiger partial charge in [-0.3, -0.25) is 14.3 Å². The zero-order chi connectivity index (χ0) is 16.3. The number of rotatable bonds is 5. The Hall–Kier alpha value is -1.56. The van der Waals surface area contributed by atoms with Gasteiger partial charge in [0, 0.05) is 19.0 Å². The predicted octanol–water partition coefficient (Wildman–Crippen LogP) is 2.40. The van der Waals surface area contributed by atoms with E-state index in [9.17, 15) is 9.59 Å². The second-order valence-electron chi connectivity index (χ2n) is 5.81. The number of aryl methyl sites for hydroxylation is 1. The van der Waals surface area contributed by atoms with E-state index >= 15 is 0 Å². The summed E-state index contributed by atoms with van der Waals surface area (Å²) in [5, 5.41) is 13.7. The van der Waals surface area contributed by atoms with E-state index in [1.165, 1.54) is 0 Å². The molecule has 1 aromatic rings. The van der Waals surface area contributed by atoms with E-state index in [2.05, 4.69) is 5.10 Å². The van der Waals surface area contributed by atoms with Crippen LogP contribution in [0.25, 0.3) is 0 Å². The number of piperidine rings is 1. The zero-order valence-electron chi connectivity index (χ0n) is 13.0. The van der Waals surface area contributed by atoms with Gasteiger partial charge in [0.05, 0.1) is 16.4 Å². The molecule has 1 N–H and O–H groups in total. The van der Waals surface area contributed by atoms with Crippen LogP contribution < -0.4 is 0 Å². The van der Waals surface area contributed by atoms with Crippen LogP contribution in [0.1, 0.15) is 43.5 Å². The highest BCUT2D eigenvalue weighted by Crippen LogP contribution is 2.23. The third kappa shape index (κ3) is 3.80. The summed E-state index contributed by atoms with van der Waals surface area (Å²) < 4.78 is 1.63. The summed E-state index contributed by atoms with van der Waals surface area (Å²) in [7, 11) is 0. The van der Waals surface area contributed by atoms with Gasteiger partial charge in [-0.05, 0) is 39.5 Å². The number of carboxylic acids is 1. The number of hydrogen-bond acceptors (Lipinski definition) is 3. The topological polar surface area (TPSA) is 75.4 Å². The van der Waals surface area contributed by atoms with Crippen LogP contribution in [0, 0.1) is 13.8 Å². The number of likely N-dealkylation sites (tertiary alicyclic amines) is 1. The molecule has 6 nitrogen and oxygen atoms in total. The molecule has 1 amide bonds. The van der Waals surface area contributed by atoms with Crippen LogP contribution in [-0.4, -0.2) is 44.3 Å². The molecule has 0 bridgehead atoms. The fourth-order valence-electron chi connectivity index (χ4n) is 2.97. The molecule has 0 aromatic carbocycles. The first-order valence-corrected chi connectivity index (χ1v) is 7.98. The number of nitrogens with zero attached hydrogens (tertiary/aromatic N) is 3. The van der Waals surface area contributed by atoms with Crippen molar-refractivity contribution in [1.29, 1.82) is 0 Å². The highest BCUT2D eigenvalue weighted by Gasteiger charge is 2.27. The Morgan fingerprint density at radius 3 is 2.68 bits per heavy atom. The van der Waals surface area contributed by atoms with Gasteiger partial charge in [0.1, 0.15) is 6.54 Å². The Morgan fingerprint density at radius 2 is 2.09 bits per heavy atom. The summed E-state index contributed by atoms with van der Waals surface area (Å²) >= 11 is 6.11. The van der Waals surface area contributed by atoms with Crippen LogP contribution in [0.4, 0.5) is 0 Å². The van der Waals surface area contributed by atoms with Crippen molar-refractivity contribution in [3.05, 3.63) is 16.4 Å². The van der Waals surface area contributed by atoms with Crippen molar-refractivity contribution in [2.75, 3.05) is 6.54 Å². The first-order chi connectivity index (χ1) is 10.4. The van der Waals surface area contributed by atoms with Crippen LogP contribution in [-0.2, 0) is 16.1 Å². The number of halogens is 1. The molecule has 122 valence electrons. The van der Waals surface area contributed by atoms with E-state index in [1.54, 1.807) is 4.68 Å². The maximum atomic E-state index is 12.6. The van der Waals surface area contributed by atoms with E-state index in [-0.39, 0.29) is 24.9 Å². The van der Waals surface area contributed by atoms with Gasteiger partial charge in [0.25, 0.3) is 0 Å². The molecule has 2 rings (SSSR count). The Balaban J connectivity index is 2.05. The van der Waals surface area contributed by atoms with Crippen LogP contribution in [0.2, 0.25) is 5.02 Å². The molecule has 1 atom stereocenters.